The normalized spacial score (nSPS) is 19.6. The minimum absolute atomic E-state index is 0.322. The van der Waals surface area contributed by atoms with Crippen LogP contribution in [0, 0.1) is 6.92 Å². The first-order valence-electron chi connectivity index (χ1n) is 7.18. The van der Waals surface area contributed by atoms with E-state index in [0.717, 1.165) is 19.6 Å². The van der Waals surface area contributed by atoms with E-state index in [0.29, 0.717) is 12.0 Å². The molecule has 1 aliphatic heterocycles. The lowest BCUT2D eigenvalue weighted by molar-refractivity contribution is 0.472. The van der Waals surface area contributed by atoms with Crippen LogP contribution in [0.2, 0.25) is 0 Å². The van der Waals surface area contributed by atoms with Crippen molar-refractivity contribution in [2.75, 3.05) is 13.1 Å². The highest BCUT2D eigenvalue weighted by Gasteiger charge is 2.20. The van der Waals surface area contributed by atoms with Gasteiger partial charge in [0.15, 0.2) is 0 Å². The molecule has 2 aromatic rings. The van der Waals surface area contributed by atoms with Gasteiger partial charge < -0.3 is 10.6 Å². The number of nitrogens with one attached hydrogen (secondary N) is 2. The highest BCUT2D eigenvalue weighted by Crippen LogP contribution is 2.25. The number of fused-ring (bicyclic) bond motifs is 1. The number of rotatable bonds is 4. The number of benzene rings is 1. The van der Waals surface area contributed by atoms with E-state index in [4.69, 9.17) is 0 Å². The molecule has 1 aliphatic rings. The largest absolute Gasteiger partial charge is 0.312 e. The van der Waals surface area contributed by atoms with Gasteiger partial charge in [0.1, 0.15) is 5.01 Å². The molecule has 1 aromatic carbocycles. The van der Waals surface area contributed by atoms with E-state index in [1.165, 1.54) is 21.0 Å². The molecule has 106 valence electrons. The highest BCUT2D eigenvalue weighted by atomic mass is 32.1. The van der Waals surface area contributed by atoms with Crippen LogP contribution < -0.4 is 10.6 Å². The number of nitrogens with zero attached hydrogens (tertiary/aromatic N) is 1. The SMILES string of the molecule is Cc1cnc(C(C)NCC2CNCc3ccccc32)s1. The van der Waals surface area contributed by atoms with E-state index < -0.39 is 0 Å². The van der Waals surface area contributed by atoms with Crippen LogP contribution in [-0.2, 0) is 6.54 Å². The molecule has 0 amide bonds. The molecule has 0 bridgehead atoms. The number of thiazole rings is 1. The molecule has 0 aliphatic carbocycles. The van der Waals surface area contributed by atoms with Crippen molar-refractivity contribution < 1.29 is 0 Å². The maximum atomic E-state index is 4.46. The first-order chi connectivity index (χ1) is 9.74. The summed E-state index contributed by atoms with van der Waals surface area (Å²) in [5.41, 5.74) is 2.92. The molecular weight excluding hydrogens is 266 g/mol. The van der Waals surface area contributed by atoms with Crippen molar-refractivity contribution in [3.63, 3.8) is 0 Å². The molecule has 3 nitrogen and oxygen atoms in total. The summed E-state index contributed by atoms with van der Waals surface area (Å²) in [7, 11) is 0. The van der Waals surface area contributed by atoms with E-state index in [1.54, 1.807) is 11.3 Å². The van der Waals surface area contributed by atoms with E-state index >= 15 is 0 Å². The molecule has 0 saturated carbocycles. The fourth-order valence-electron chi connectivity index (χ4n) is 2.75. The Bertz CT molecular complexity index is 579. The van der Waals surface area contributed by atoms with Crippen LogP contribution >= 0.6 is 11.3 Å². The molecule has 20 heavy (non-hydrogen) atoms. The number of hydrogen-bond donors (Lipinski definition) is 2. The molecule has 0 fully saturated rings. The Kier molecular flexibility index (Phi) is 4.15. The second-order valence-electron chi connectivity index (χ2n) is 5.47. The molecule has 0 spiro atoms. The summed E-state index contributed by atoms with van der Waals surface area (Å²) in [5.74, 6) is 0.545. The van der Waals surface area contributed by atoms with Gasteiger partial charge in [-0.05, 0) is 25.0 Å². The van der Waals surface area contributed by atoms with E-state index in [1.807, 2.05) is 6.20 Å². The van der Waals surface area contributed by atoms with Crippen molar-refractivity contribution >= 4 is 11.3 Å². The van der Waals surface area contributed by atoms with Crippen molar-refractivity contribution in [2.45, 2.75) is 32.4 Å². The zero-order valence-corrected chi connectivity index (χ0v) is 12.8. The van der Waals surface area contributed by atoms with Crippen LogP contribution in [0.15, 0.2) is 30.5 Å². The third-order valence-electron chi connectivity index (χ3n) is 3.88. The molecule has 2 N–H and O–H groups in total. The lowest BCUT2D eigenvalue weighted by Gasteiger charge is -2.27. The van der Waals surface area contributed by atoms with Crippen LogP contribution in [0.1, 0.15) is 39.9 Å². The maximum Gasteiger partial charge on any atom is 0.109 e. The smallest absolute Gasteiger partial charge is 0.109 e. The Labute approximate surface area is 124 Å². The van der Waals surface area contributed by atoms with Crippen LogP contribution in [0.4, 0.5) is 0 Å². The average molecular weight is 287 g/mol. The van der Waals surface area contributed by atoms with Gasteiger partial charge in [0.2, 0.25) is 0 Å². The zero-order chi connectivity index (χ0) is 13.9. The number of aryl methyl sites for hydroxylation is 1. The van der Waals surface area contributed by atoms with E-state index in [9.17, 15) is 0 Å². The average Bonchev–Trinajstić information content (AvgIpc) is 2.91. The number of hydrogen-bond acceptors (Lipinski definition) is 4. The predicted octanol–water partition coefficient (Wildman–Crippen LogP) is 2.99. The summed E-state index contributed by atoms with van der Waals surface area (Å²) in [6, 6.07) is 9.08. The lowest BCUT2D eigenvalue weighted by Crippen LogP contribution is -2.35. The van der Waals surface area contributed by atoms with Crippen molar-refractivity contribution in [1.82, 2.24) is 15.6 Å². The first kappa shape index (κ1) is 13.7. The van der Waals surface area contributed by atoms with Crippen LogP contribution in [0.3, 0.4) is 0 Å². The fourth-order valence-corrected chi connectivity index (χ4v) is 3.55. The van der Waals surface area contributed by atoms with Crippen molar-refractivity contribution in [3.05, 3.63) is 51.5 Å². The molecule has 1 aromatic heterocycles. The molecule has 3 rings (SSSR count). The monoisotopic (exact) mass is 287 g/mol. The van der Waals surface area contributed by atoms with Crippen molar-refractivity contribution in [3.8, 4) is 0 Å². The van der Waals surface area contributed by atoms with Crippen molar-refractivity contribution in [2.24, 2.45) is 0 Å². The third-order valence-corrected chi connectivity index (χ3v) is 4.98. The Morgan fingerprint density at radius 1 is 1.45 bits per heavy atom. The third kappa shape index (κ3) is 2.92. The molecule has 0 saturated heterocycles. The van der Waals surface area contributed by atoms with Gasteiger partial charge in [-0.2, -0.15) is 0 Å². The second-order valence-corrected chi connectivity index (χ2v) is 6.73. The van der Waals surface area contributed by atoms with E-state index in [-0.39, 0.29) is 0 Å². The molecule has 0 radical (unpaired) electrons. The van der Waals surface area contributed by atoms with Gasteiger partial charge in [-0.3, -0.25) is 0 Å². The standard InChI is InChI=1S/C16H21N3S/c1-11-7-19-16(20-11)12(2)18-10-14-9-17-8-13-5-3-4-6-15(13)14/h3-7,12,14,17-18H,8-10H2,1-2H3. The number of aromatic nitrogens is 1. The van der Waals surface area contributed by atoms with Gasteiger partial charge in [0.05, 0.1) is 6.04 Å². The molecular formula is C16H21N3S. The van der Waals surface area contributed by atoms with Gasteiger partial charge in [-0.25, -0.2) is 4.98 Å². The Morgan fingerprint density at radius 2 is 2.30 bits per heavy atom. The van der Waals surface area contributed by atoms with Gasteiger partial charge in [-0.1, -0.05) is 24.3 Å². The summed E-state index contributed by atoms with van der Waals surface area (Å²) in [6.07, 6.45) is 1.95. The highest BCUT2D eigenvalue weighted by molar-refractivity contribution is 7.11. The van der Waals surface area contributed by atoms with Crippen LogP contribution in [0.5, 0.6) is 0 Å². The van der Waals surface area contributed by atoms with Gasteiger partial charge in [0.25, 0.3) is 0 Å². The first-order valence-corrected chi connectivity index (χ1v) is 8.00. The predicted molar refractivity (Wildman–Crippen MR) is 84.2 cm³/mol. The minimum Gasteiger partial charge on any atom is -0.312 e. The lowest BCUT2D eigenvalue weighted by atomic mass is 9.91. The molecule has 4 heteroatoms. The summed E-state index contributed by atoms with van der Waals surface area (Å²) in [5, 5.41) is 8.32. The minimum atomic E-state index is 0.322. The fraction of sp³-hybridized carbons (Fsp3) is 0.438. The second kappa shape index (κ2) is 6.04. The van der Waals surface area contributed by atoms with Crippen LogP contribution in [0.25, 0.3) is 0 Å². The molecule has 2 atom stereocenters. The van der Waals surface area contributed by atoms with Gasteiger partial charge in [0, 0.05) is 36.6 Å². The maximum absolute atomic E-state index is 4.46. The quantitative estimate of drug-likeness (QED) is 0.907. The topological polar surface area (TPSA) is 37.0 Å². The molecule has 2 unspecified atom stereocenters. The van der Waals surface area contributed by atoms with Gasteiger partial charge >= 0.3 is 0 Å². The summed E-state index contributed by atoms with van der Waals surface area (Å²) in [6.45, 7) is 7.33. The van der Waals surface area contributed by atoms with Crippen LogP contribution in [-0.4, -0.2) is 18.1 Å². The zero-order valence-electron chi connectivity index (χ0n) is 12.0. The summed E-state index contributed by atoms with van der Waals surface area (Å²) in [4.78, 5) is 5.74. The summed E-state index contributed by atoms with van der Waals surface area (Å²) >= 11 is 1.78. The Hall–Kier alpha value is -1.23. The summed E-state index contributed by atoms with van der Waals surface area (Å²) < 4.78 is 0. The molecule has 2 heterocycles. The van der Waals surface area contributed by atoms with Gasteiger partial charge in [-0.15, -0.1) is 11.3 Å². The Balaban J connectivity index is 1.65. The van der Waals surface area contributed by atoms with E-state index in [2.05, 4.69) is 53.7 Å². The van der Waals surface area contributed by atoms with Crippen molar-refractivity contribution in [1.29, 1.82) is 0 Å². The Morgan fingerprint density at radius 3 is 3.10 bits per heavy atom.